The maximum Gasteiger partial charge on any atom is 0.303 e. The average molecular weight is 506 g/mol. The molecule has 3 N–H and O–H groups in total. The number of anilines is 1. The zero-order valence-electron chi connectivity index (χ0n) is 19.0. The molecule has 2 atom stereocenters. The lowest BCUT2D eigenvalue weighted by atomic mass is 9.88. The first-order chi connectivity index (χ1) is 16.2. The molecule has 1 aliphatic heterocycles. The molecule has 7 nitrogen and oxygen atoms in total. The summed E-state index contributed by atoms with van der Waals surface area (Å²) in [6, 6.07) is 12.2. The van der Waals surface area contributed by atoms with Crippen LogP contribution in [0.25, 0.3) is 0 Å². The van der Waals surface area contributed by atoms with Crippen molar-refractivity contribution >= 4 is 46.5 Å². The summed E-state index contributed by atoms with van der Waals surface area (Å²) in [7, 11) is 1.67. The minimum absolute atomic E-state index is 0.153. The van der Waals surface area contributed by atoms with Gasteiger partial charge in [-0.3, -0.25) is 14.4 Å². The first-order valence-corrected chi connectivity index (χ1v) is 12.0. The van der Waals surface area contributed by atoms with Crippen molar-refractivity contribution < 1.29 is 19.5 Å². The highest BCUT2D eigenvalue weighted by Crippen LogP contribution is 2.35. The molecule has 0 aromatic heterocycles. The van der Waals surface area contributed by atoms with Crippen molar-refractivity contribution in [2.45, 2.75) is 37.6 Å². The number of nitrogens with zero attached hydrogens (tertiary/aromatic N) is 2. The summed E-state index contributed by atoms with van der Waals surface area (Å²) < 4.78 is 0. The van der Waals surface area contributed by atoms with E-state index in [1.165, 1.54) is 12.1 Å². The predicted molar refractivity (Wildman–Crippen MR) is 133 cm³/mol. The van der Waals surface area contributed by atoms with Crippen LogP contribution in [0.15, 0.2) is 42.5 Å². The van der Waals surface area contributed by atoms with Crippen LogP contribution in [0.3, 0.4) is 0 Å². The van der Waals surface area contributed by atoms with Gasteiger partial charge in [0.1, 0.15) is 11.7 Å². The van der Waals surface area contributed by atoms with Crippen LogP contribution in [0.2, 0.25) is 10.0 Å². The number of likely N-dealkylation sites (tertiary alicyclic amines) is 1. The third-order valence-corrected chi connectivity index (χ3v) is 6.94. The zero-order valence-corrected chi connectivity index (χ0v) is 20.6. The summed E-state index contributed by atoms with van der Waals surface area (Å²) in [5.41, 5.74) is 7.48. The van der Waals surface area contributed by atoms with Gasteiger partial charge in [-0.15, -0.1) is 0 Å². The molecule has 1 saturated heterocycles. The Balaban J connectivity index is 1.99. The van der Waals surface area contributed by atoms with Gasteiger partial charge in [0.05, 0.1) is 22.5 Å². The van der Waals surface area contributed by atoms with Gasteiger partial charge in [-0.25, -0.2) is 0 Å². The fourth-order valence-electron chi connectivity index (χ4n) is 4.34. The second kappa shape index (κ2) is 11.7. The maximum absolute atomic E-state index is 13.9. The number of Topliss-reactive ketones (excluding diaryl/α,β-unsaturated/α-hetero) is 1. The van der Waals surface area contributed by atoms with Crippen LogP contribution in [0.1, 0.15) is 48.8 Å². The molecule has 3 rings (SSSR count). The lowest BCUT2D eigenvalue weighted by Crippen LogP contribution is -2.42. The Labute approximate surface area is 209 Å². The van der Waals surface area contributed by atoms with Crippen molar-refractivity contribution in [2.24, 2.45) is 0 Å². The number of nitrogen functional groups attached to an aromatic ring is 1. The van der Waals surface area contributed by atoms with Crippen LogP contribution in [-0.2, 0) is 14.4 Å². The molecule has 1 amide bonds. The number of ketones is 1. The lowest BCUT2D eigenvalue weighted by Gasteiger charge is -2.34. The maximum atomic E-state index is 13.9. The minimum Gasteiger partial charge on any atom is -0.481 e. The van der Waals surface area contributed by atoms with Crippen LogP contribution in [0.4, 0.5) is 5.69 Å². The average Bonchev–Trinajstić information content (AvgIpc) is 3.33. The Bertz CT molecular complexity index is 1040. The molecule has 1 heterocycles. The van der Waals surface area contributed by atoms with Crippen molar-refractivity contribution in [2.75, 3.05) is 32.4 Å². The number of carboxylic acids is 1. The summed E-state index contributed by atoms with van der Waals surface area (Å²) in [5, 5.41) is 9.44. The molecule has 1 aliphatic rings. The number of benzene rings is 2. The highest BCUT2D eigenvalue weighted by molar-refractivity contribution is 6.42. The zero-order chi connectivity index (χ0) is 24.8. The van der Waals surface area contributed by atoms with Crippen LogP contribution in [0.5, 0.6) is 0 Å². The van der Waals surface area contributed by atoms with Gasteiger partial charge in [0, 0.05) is 25.7 Å². The van der Waals surface area contributed by atoms with Crippen LogP contribution < -0.4 is 5.73 Å². The van der Waals surface area contributed by atoms with E-state index in [9.17, 15) is 14.4 Å². The smallest absolute Gasteiger partial charge is 0.303 e. The standard InChI is InChI=1S/C25H29Cl2N3O4/c1-29(21(15-30-11-5-6-12-30)16-7-3-2-4-8-16)25(34)24(22(31)9-10-23(32)33)17-13-18(26)19(27)14-20(17)28/h2-4,7-8,13-14,21,24H,5-6,9-12,15,28H2,1H3,(H,32,33). The van der Waals surface area contributed by atoms with Gasteiger partial charge in [0.15, 0.2) is 0 Å². The molecule has 2 aromatic carbocycles. The highest BCUT2D eigenvalue weighted by Gasteiger charge is 2.36. The Kier molecular flexibility index (Phi) is 8.94. The molecule has 0 radical (unpaired) electrons. The molecule has 9 heteroatoms. The van der Waals surface area contributed by atoms with Crippen LogP contribution in [0, 0.1) is 0 Å². The van der Waals surface area contributed by atoms with Crippen LogP contribution in [-0.4, -0.2) is 59.2 Å². The monoisotopic (exact) mass is 505 g/mol. The van der Waals surface area contributed by atoms with E-state index >= 15 is 0 Å². The molecule has 2 unspecified atom stereocenters. The van der Waals surface area contributed by atoms with E-state index in [4.69, 9.17) is 34.0 Å². The van der Waals surface area contributed by atoms with Gasteiger partial charge in [0.25, 0.3) is 0 Å². The van der Waals surface area contributed by atoms with Crippen molar-refractivity contribution in [3.63, 3.8) is 0 Å². The highest BCUT2D eigenvalue weighted by atomic mass is 35.5. The van der Waals surface area contributed by atoms with E-state index in [0.29, 0.717) is 6.54 Å². The number of carbonyl (C=O) groups excluding carboxylic acids is 2. The second-order valence-corrected chi connectivity index (χ2v) is 9.39. The number of amides is 1. The molecular formula is C25H29Cl2N3O4. The summed E-state index contributed by atoms with van der Waals surface area (Å²) in [6.07, 6.45) is 1.52. The number of halogens is 2. The third-order valence-electron chi connectivity index (χ3n) is 6.22. The topological polar surface area (TPSA) is 104 Å². The van der Waals surface area contributed by atoms with Gasteiger partial charge in [0.2, 0.25) is 5.91 Å². The number of carbonyl (C=O) groups is 3. The number of likely N-dealkylation sites (N-methyl/N-ethyl adjacent to an activating group) is 1. The summed E-state index contributed by atoms with van der Waals surface area (Å²) >= 11 is 12.3. The van der Waals surface area contributed by atoms with E-state index in [2.05, 4.69) is 4.90 Å². The number of rotatable bonds is 10. The molecule has 2 aromatic rings. The van der Waals surface area contributed by atoms with Gasteiger partial charge in [-0.2, -0.15) is 0 Å². The Morgan fingerprint density at radius 2 is 1.68 bits per heavy atom. The normalized spacial score (nSPS) is 15.6. The minimum atomic E-state index is -1.29. The van der Waals surface area contributed by atoms with Gasteiger partial charge in [-0.05, 0) is 49.2 Å². The molecule has 0 bridgehead atoms. The molecular weight excluding hydrogens is 477 g/mol. The summed E-state index contributed by atoms with van der Waals surface area (Å²) in [5.74, 6) is -3.40. The summed E-state index contributed by atoms with van der Waals surface area (Å²) in [4.78, 5) is 42.0. The fraction of sp³-hybridized carbons (Fsp3) is 0.400. The largest absolute Gasteiger partial charge is 0.481 e. The van der Waals surface area contributed by atoms with E-state index < -0.39 is 23.6 Å². The van der Waals surface area contributed by atoms with Gasteiger partial charge >= 0.3 is 5.97 Å². The van der Waals surface area contributed by atoms with Crippen molar-refractivity contribution in [1.82, 2.24) is 9.80 Å². The Morgan fingerprint density at radius 3 is 2.29 bits per heavy atom. The number of carboxylic acid groups (broad SMARTS) is 1. The van der Waals surface area contributed by atoms with E-state index in [1.54, 1.807) is 11.9 Å². The molecule has 0 saturated carbocycles. The first-order valence-electron chi connectivity index (χ1n) is 11.2. The predicted octanol–water partition coefficient (Wildman–Crippen LogP) is 4.39. The molecule has 34 heavy (non-hydrogen) atoms. The lowest BCUT2D eigenvalue weighted by molar-refractivity contribution is -0.142. The Hall–Kier alpha value is -2.61. The molecule has 0 spiro atoms. The number of nitrogens with two attached hydrogens (primary N) is 1. The number of hydrogen-bond acceptors (Lipinski definition) is 5. The van der Waals surface area contributed by atoms with Crippen molar-refractivity contribution in [1.29, 1.82) is 0 Å². The van der Waals surface area contributed by atoms with E-state index in [-0.39, 0.29) is 40.2 Å². The van der Waals surface area contributed by atoms with Gasteiger partial charge < -0.3 is 20.6 Å². The molecule has 1 fully saturated rings. The van der Waals surface area contributed by atoms with Gasteiger partial charge in [-0.1, -0.05) is 53.5 Å². The van der Waals surface area contributed by atoms with Crippen molar-refractivity contribution in [3.8, 4) is 0 Å². The quantitative estimate of drug-likeness (QED) is 0.366. The first kappa shape index (κ1) is 26.0. The number of hydrogen-bond donors (Lipinski definition) is 2. The van der Waals surface area contributed by atoms with Crippen molar-refractivity contribution in [3.05, 3.63) is 63.6 Å². The molecule has 0 aliphatic carbocycles. The second-order valence-electron chi connectivity index (χ2n) is 8.57. The Morgan fingerprint density at radius 1 is 1.06 bits per heavy atom. The third kappa shape index (κ3) is 6.29. The summed E-state index contributed by atoms with van der Waals surface area (Å²) in [6.45, 7) is 2.53. The fourth-order valence-corrected chi connectivity index (χ4v) is 4.68. The molecule has 182 valence electrons. The SMILES string of the molecule is CN(C(=O)C(C(=O)CCC(=O)O)c1cc(Cl)c(Cl)cc1N)C(CN1CCCC1)c1ccccc1. The van der Waals surface area contributed by atoms with E-state index in [0.717, 1.165) is 31.5 Å². The van der Waals surface area contributed by atoms with E-state index in [1.807, 2.05) is 30.3 Å². The van der Waals surface area contributed by atoms with Crippen LogP contribution >= 0.6 is 23.2 Å². The number of aliphatic carboxylic acids is 1.